The molecule has 18 N–H and O–H groups in total. The van der Waals surface area contributed by atoms with Crippen molar-refractivity contribution in [3.05, 3.63) is 11.6 Å². The highest BCUT2D eigenvalue weighted by Crippen LogP contribution is 2.74. The molecule has 0 aromatic rings. The molecule has 0 amide bonds. The van der Waals surface area contributed by atoms with Crippen LogP contribution < -0.4 is 0 Å². The first kappa shape index (κ1) is 71.6. The third-order valence-corrected chi connectivity index (χ3v) is 22.6. The summed E-state index contributed by atoms with van der Waals surface area (Å²) < 4.78 is 59.2. The average Bonchev–Trinajstić information content (AvgIpc) is 1.66. The van der Waals surface area contributed by atoms with Crippen molar-refractivity contribution >= 4 is 5.78 Å². The maximum atomic E-state index is 15.4. The number of hydrogen-bond acceptors (Lipinski definition) is 29. The molecule has 0 unspecified atom stereocenters. The zero-order valence-corrected chi connectivity index (χ0v) is 51.7. The van der Waals surface area contributed by atoms with Gasteiger partial charge in [-0.1, -0.05) is 53.2 Å². The van der Waals surface area contributed by atoms with Crippen LogP contribution in [0.4, 0.5) is 0 Å². The first-order valence-corrected chi connectivity index (χ1v) is 31.4. The fraction of sp³-hybridized carbons (Fsp3) is 0.950. The summed E-state index contributed by atoms with van der Waals surface area (Å²) >= 11 is 0. The summed E-state index contributed by atoms with van der Waals surface area (Å²) in [5.74, 6) is -0.178. The van der Waals surface area contributed by atoms with Gasteiger partial charge < -0.3 is 139 Å². The van der Waals surface area contributed by atoms with Gasteiger partial charge in [-0.25, -0.2) is 0 Å². The Hall–Kier alpha value is -1.71. The molecule has 0 aromatic heterocycles. The Morgan fingerprint density at radius 1 is 0.539 bits per heavy atom. The number of Topliss-reactive ketones (excluding diaryl/α,β-unsaturated/α-hetero) is 1. The Morgan fingerprint density at radius 3 is 1.47 bits per heavy atom. The van der Waals surface area contributed by atoms with E-state index in [2.05, 4.69) is 33.8 Å². The molecule has 8 fully saturated rings. The van der Waals surface area contributed by atoms with Crippen molar-refractivity contribution in [2.45, 2.75) is 278 Å². The molecule has 514 valence electrons. The van der Waals surface area contributed by atoms with Gasteiger partial charge >= 0.3 is 0 Å². The quantitative estimate of drug-likeness (QED) is 0.0507. The molecule has 5 saturated heterocycles. The summed E-state index contributed by atoms with van der Waals surface area (Å²) in [6, 6.07) is 0. The van der Waals surface area contributed by atoms with Crippen molar-refractivity contribution in [3.63, 3.8) is 0 Å². The van der Waals surface area contributed by atoms with E-state index in [9.17, 15) is 91.9 Å². The Morgan fingerprint density at radius 2 is 0.978 bits per heavy atom. The van der Waals surface area contributed by atoms with Gasteiger partial charge in [0.2, 0.25) is 0 Å². The smallest absolute Gasteiger partial charge is 0.187 e. The molecule has 5 aliphatic heterocycles. The molecule has 9 rings (SSSR count). The molecule has 34 atom stereocenters. The van der Waals surface area contributed by atoms with Crippen molar-refractivity contribution in [1.29, 1.82) is 0 Å². The maximum absolute atomic E-state index is 15.4. The fourth-order valence-electron chi connectivity index (χ4n) is 16.7. The van der Waals surface area contributed by atoms with E-state index in [1.807, 2.05) is 13.8 Å². The van der Waals surface area contributed by atoms with Crippen LogP contribution in [0.5, 0.6) is 0 Å². The molecule has 0 bridgehead atoms. The van der Waals surface area contributed by atoms with Gasteiger partial charge in [0.25, 0.3) is 0 Å². The van der Waals surface area contributed by atoms with E-state index >= 15 is 4.79 Å². The van der Waals surface area contributed by atoms with Crippen molar-refractivity contribution < 1.29 is 144 Å². The summed E-state index contributed by atoms with van der Waals surface area (Å²) in [5, 5.41) is 192. The summed E-state index contributed by atoms with van der Waals surface area (Å²) in [4.78, 5) is 15.4. The average molecular weight is 1290 g/mol. The topological polar surface area (TPSA) is 474 Å². The van der Waals surface area contributed by atoms with Gasteiger partial charge in [0.15, 0.2) is 31.5 Å². The summed E-state index contributed by atoms with van der Waals surface area (Å²) in [7, 11) is 0. The summed E-state index contributed by atoms with van der Waals surface area (Å²) in [6.45, 7) is 12.2. The predicted molar refractivity (Wildman–Crippen MR) is 299 cm³/mol. The summed E-state index contributed by atoms with van der Waals surface area (Å²) in [6.07, 6.45) is -37.4. The lowest BCUT2D eigenvalue weighted by atomic mass is 9.38. The molecule has 3 saturated carbocycles. The SMILES string of the molecule is C[C@H](CC[C@@H](O[C@@H]1O[C@H](CO[C@@H]2O[C@H](CO)[C@@H](O)[C@H](O)[C@H]2O)[C@@H](O)[C@H](O)[C@H]1O[C@@H]1O[C@H](CO)[C@@H](O)[C@H](O)[C@H]1O)C(C)(C)O)[C@H]1CC[C@@]2(C)[C@@H]3CC=C4[C@@H](CC[C@H](O[C@@H]5O[C@H](CO[C@@H]6O[C@H](CO)[C@@H](O)[C@H](O)[C@H]6O)[C@@H](O)[C@H](O)[C@H]5O)C4(C)C)[C@]3(C)C(=O)C[C@]12C. The number of rotatable bonds is 20. The van der Waals surface area contributed by atoms with E-state index in [1.165, 1.54) is 13.8 Å². The van der Waals surface area contributed by atoms with Crippen LogP contribution in [-0.2, 0) is 52.2 Å². The molecule has 9 aliphatic rings. The Balaban J connectivity index is 0.884. The van der Waals surface area contributed by atoms with Crippen LogP contribution in [0.1, 0.15) is 107 Å². The molecule has 29 nitrogen and oxygen atoms in total. The number of carbonyl (C=O) groups is 1. The highest BCUT2D eigenvalue weighted by atomic mass is 16.8. The third kappa shape index (κ3) is 13.0. The van der Waals surface area contributed by atoms with Crippen molar-refractivity contribution in [1.82, 2.24) is 0 Å². The highest BCUT2D eigenvalue weighted by Gasteiger charge is 2.71. The molecule has 4 aliphatic carbocycles. The fourth-order valence-corrected chi connectivity index (χ4v) is 16.7. The second-order valence-corrected chi connectivity index (χ2v) is 28.5. The van der Waals surface area contributed by atoms with Crippen molar-refractivity contribution in [3.8, 4) is 0 Å². The third-order valence-electron chi connectivity index (χ3n) is 22.6. The van der Waals surface area contributed by atoms with Crippen molar-refractivity contribution in [2.75, 3.05) is 33.0 Å². The van der Waals surface area contributed by atoms with E-state index in [1.54, 1.807) is 0 Å². The van der Waals surface area contributed by atoms with Crippen LogP contribution in [-0.4, -0.2) is 302 Å². The number of allylic oxidation sites excluding steroid dienone is 1. The summed E-state index contributed by atoms with van der Waals surface area (Å²) in [5.41, 5.74) is -2.96. The Labute approximate surface area is 516 Å². The first-order valence-electron chi connectivity index (χ1n) is 31.4. The Kier molecular flexibility index (Phi) is 22.1. The number of aliphatic hydroxyl groups is 18. The van der Waals surface area contributed by atoms with Gasteiger partial charge in [0.1, 0.15) is 128 Å². The van der Waals surface area contributed by atoms with Gasteiger partial charge in [0, 0.05) is 17.3 Å². The zero-order chi connectivity index (χ0) is 65.5. The van der Waals surface area contributed by atoms with E-state index in [4.69, 9.17) is 47.4 Å². The largest absolute Gasteiger partial charge is 0.394 e. The lowest BCUT2D eigenvalue weighted by Gasteiger charge is -2.65. The van der Waals surface area contributed by atoms with Crippen LogP contribution in [0.25, 0.3) is 0 Å². The second-order valence-electron chi connectivity index (χ2n) is 28.5. The molecule has 89 heavy (non-hydrogen) atoms. The lowest BCUT2D eigenvalue weighted by Crippen LogP contribution is -2.65. The van der Waals surface area contributed by atoms with Crippen LogP contribution in [0, 0.1) is 45.3 Å². The minimum absolute atomic E-state index is 0.00532. The van der Waals surface area contributed by atoms with E-state index in [-0.39, 0.29) is 47.7 Å². The number of ketones is 1. The first-order chi connectivity index (χ1) is 41.6. The molecule has 29 heteroatoms. The van der Waals surface area contributed by atoms with Crippen LogP contribution in [0.2, 0.25) is 0 Å². The normalized spacial score (nSPS) is 51.0. The zero-order valence-electron chi connectivity index (χ0n) is 51.7. The lowest BCUT2D eigenvalue weighted by molar-refractivity contribution is -0.380. The van der Waals surface area contributed by atoms with Crippen molar-refractivity contribution in [2.24, 2.45) is 45.3 Å². The molecular weight excluding hydrogens is 1180 g/mol. The minimum atomic E-state index is -1.97. The molecule has 0 radical (unpaired) electrons. The molecule has 0 spiro atoms. The maximum Gasteiger partial charge on any atom is 0.187 e. The van der Waals surface area contributed by atoms with Gasteiger partial charge in [-0.05, 0) is 93.3 Å². The van der Waals surface area contributed by atoms with Crippen LogP contribution >= 0.6 is 0 Å². The monoisotopic (exact) mass is 1280 g/mol. The van der Waals surface area contributed by atoms with Gasteiger partial charge in [0.05, 0.1) is 50.8 Å². The number of aliphatic hydroxyl groups excluding tert-OH is 17. The van der Waals surface area contributed by atoms with Gasteiger partial charge in [-0.15, -0.1) is 0 Å². The number of fused-ring (bicyclic) bond motifs is 5. The van der Waals surface area contributed by atoms with E-state index in [0.717, 1.165) is 18.4 Å². The Bertz CT molecular complexity index is 2390. The standard InChI is InChI=1S/C60H100O29/c1-23(9-13-35(57(4,5)79)88-55-50(89-54-49(78)43(72)38(67)29(20-63)84-54)45(74)40(69)31(86-55)22-81-52-47(76)42(71)37(66)28(19-62)83-52)24-15-16-58(6)32-12-10-25-26(60(32,8)33(64)17-59(24,58)7)11-14-34(56(25,2)3)87-53-48(77)44(73)39(68)30(85-53)21-80-51-46(75)41(70)36(65)27(18-61)82-51/h10,23-24,26-32,34-55,61-63,65-79H,9,11-22H2,1-8H3/t23-,24-,26-,27-,28-,29-,30-,31-,32+,34+,35-,36-,37-,38-,39-,40-,41+,42+,43+,44+,45+,46-,47-,48-,49-,50-,51-,52-,53+,54+,55+,58+,59-,60+/m1/s1. The predicted octanol–water partition coefficient (Wildman–Crippen LogP) is -5.20. The number of ether oxygens (including phenoxy) is 10. The van der Waals surface area contributed by atoms with Crippen LogP contribution in [0.3, 0.4) is 0 Å². The molecule has 5 heterocycles. The number of carbonyl (C=O) groups excluding carboxylic acids is 1. The molecular formula is C60H100O29. The number of hydrogen-bond donors (Lipinski definition) is 18. The van der Waals surface area contributed by atoms with Gasteiger partial charge in [-0.2, -0.15) is 0 Å². The van der Waals surface area contributed by atoms with E-state index < -0.39 is 221 Å². The highest BCUT2D eigenvalue weighted by molar-refractivity contribution is 5.88. The van der Waals surface area contributed by atoms with Gasteiger partial charge in [-0.3, -0.25) is 4.79 Å². The second kappa shape index (κ2) is 27.4. The molecule has 0 aromatic carbocycles. The minimum Gasteiger partial charge on any atom is -0.394 e. The van der Waals surface area contributed by atoms with Crippen LogP contribution in [0.15, 0.2) is 11.6 Å². The van der Waals surface area contributed by atoms with E-state index in [0.29, 0.717) is 25.7 Å².